The second kappa shape index (κ2) is 8.43. The molecule has 112 valence electrons. The summed E-state index contributed by atoms with van der Waals surface area (Å²) in [6.07, 6.45) is 2.00. The average molecular weight is 280 g/mol. The summed E-state index contributed by atoms with van der Waals surface area (Å²) in [5.41, 5.74) is 6.51. The molecule has 0 bridgehead atoms. The summed E-state index contributed by atoms with van der Waals surface area (Å²) >= 11 is 0. The first kappa shape index (κ1) is 16.3. The van der Waals surface area contributed by atoms with Gasteiger partial charge >= 0.3 is 0 Å². The van der Waals surface area contributed by atoms with Gasteiger partial charge in [-0.1, -0.05) is 13.3 Å². The van der Waals surface area contributed by atoms with Crippen LogP contribution in [0.5, 0.6) is 11.5 Å². The lowest BCUT2D eigenvalue weighted by molar-refractivity contribution is -0.123. The van der Waals surface area contributed by atoms with Gasteiger partial charge in [0.15, 0.2) is 6.61 Å². The summed E-state index contributed by atoms with van der Waals surface area (Å²) in [7, 11) is 1.58. The highest BCUT2D eigenvalue weighted by Gasteiger charge is 2.08. The number of carbonyl (C=O) groups is 1. The van der Waals surface area contributed by atoms with Crippen LogP contribution in [0, 0.1) is 0 Å². The first-order chi connectivity index (χ1) is 9.58. The van der Waals surface area contributed by atoms with Crippen LogP contribution in [0.25, 0.3) is 0 Å². The van der Waals surface area contributed by atoms with Gasteiger partial charge in [-0.25, -0.2) is 0 Å². The summed E-state index contributed by atoms with van der Waals surface area (Å²) < 4.78 is 10.6. The van der Waals surface area contributed by atoms with Crippen molar-refractivity contribution in [2.24, 2.45) is 5.73 Å². The Kier molecular flexibility index (Phi) is 6.87. The lowest BCUT2D eigenvalue weighted by Gasteiger charge is -2.14. The third-order valence-electron chi connectivity index (χ3n) is 2.91. The number of ether oxygens (including phenoxy) is 2. The lowest BCUT2D eigenvalue weighted by atomic mass is 10.2. The van der Waals surface area contributed by atoms with Gasteiger partial charge in [-0.3, -0.25) is 4.79 Å². The van der Waals surface area contributed by atoms with Crippen LogP contribution in [-0.2, 0) is 11.3 Å². The number of rotatable bonds is 8. The Bertz CT molecular complexity index is 413. The van der Waals surface area contributed by atoms with Gasteiger partial charge in [0, 0.05) is 18.7 Å². The van der Waals surface area contributed by atoms with Crippen LogP contribution in [0.4, 0.5) is 0 Å². The lowest BCUT2D eigenvalue weighted by Crippen LogP contribution is -2.35. The van der Waals surface area contributed by atoms with E-state index in [-0.39, 0.29) is 18.6 Å². The van der Waals surface area contributed by atoms with E-state index in [1.165, 1.54) is 0 Å². The minimum atomic E-state index is -0.122. The van der Waals surface area contributed by atoms with Crippen molar-refractivity contribution < 1.29 is 14.3 Å². The number of hydrogen-bond donors (Lipinski definition) is 2. The van der Waals surface area contributed by atoms with E-state index < -0.39 is 0 Å². The van der Waals surface area contributed by atoms with Gasteiger partial charge in [-0.2, -0.15) is 0 Å². The van der Waals surface area contributed by atoms with E-state index in [9.17, 15) is 4.79 Å². The molecule has 3 N–H and O–H groups in total. The molecule has 5 heteroatoms. The number of hydrogen-bond acceptors (Lipinski definition) is 4. The molecule has 1 rings (SSSR count). The Morgan fingerprint density at radius 2 is 2.05 bits per heavy atom. The van der Waals surface area contributed by atoms with E-state index in [1.807, 2.05) is 19.1 Å². The normalized spacial score (nSPS) is 11.8. The number of amides is 1. The van der Waals surface area contributed by atoms with Gasteiger partial charge in [0.1, 0.15) is 11.5 Å². The fourth-order valence-corrected chi connectivity index (χ4v) is 1.92. The second-order valence-electron chi connectivity index (χ2n) is 4.77. The second-order valence-corrected chi connectivity index (χ2v) is 4.77. The van der Waals surface area contributed by atoms with E-state index in [0.29, 0.717) is 18.0 Å². The molecular formula is C15H24N2O3. The Balaban J connectivity index is 2.54. The quantitative estimate of drug-likeness (QED) is 0.762. The summed E-state index contributed by atoms with van der Waals surface area (Å²) in [4.78, 5) is 11.7. The predicted molar refractivity (Wildman–Crippen MR) is 78.9 cm³/mol. The van der Waals surface area contributed by atoms with Crippen LogP contribution < -0.4 is 20.5 Å². The molecular weight excluding hydrogens is 256 g/mol. The third-order valence-corrected chi connectivity index (χ3v) is 2.91. The van der Waals surface area contributed by atoms with E-state index >= 15 is 0 Å². The van der Waals surface area contributed by atoms with Crippen LogP contribution in [-0.4, -0.2) is 25.7 Å². The molecule has 0 spiro atoms. The summed E-state index contributed by atoms with van der Waals surface area (Å²) in [5, 5.41) is 2.89. The van der Waals surface area contributed by atoms with Gasteiger partial charge in [0.05, 0.1) is 7.11 Å². The maximum Gasteiger partial charge on any atom is 0.258 e. The van der Waals surface area contributed by atoms with Crippen molar-refractivity contribution >= 4 is 5.91 Å². The van der Waals surface area contributed by atoms with Gasteiger partial charge < -0.3 is 20.5 Å². The minimum absolute atomic E-state index is 0.00870. The Hall–Kier alpha value is -1.75. The summed E-state index contributed by atoms with van der Waals surface area (Å²) in [6, 6.07) is 5.56. The molecule has 1 aromatic rings. The zero-order valence-corrected chi connectivity index (χ0v) is 12.4. The monoisotopic (exact) mass is 280 g/mol. The van der Waals surface area contributed by atoms with E-state index in [4.69, 9.17) is 15.2 Å². The van der Waals surface area contributed by atoms with Crippen LogP contribution >= 0.6 is 0 Å². The molecule has 0 aromatic heterocycles. The van der Waals surface area contributed by atoms with Gasteiger partial charge in [-0.15, -0.1) is 0 Å². The Labute approximate surface area is 120 Å². The van der Waals surface area contributed by atoms with E-state index in [1.54, 1.807) is 13.2 Å². The molecule has 1 aromatic carbocycles. The fraction of sp³-hybridized carbons (Fsp3) is 0.533. The van der Waals surface area contributed by atoms with Crippen molar-refractivity contribution in [2.45, 2.75) is 39.3 Å². The zero-order chi connectivity index (χ0) is 15.0. The first-order valence-electron chi connectivity index (χ1n) is 6.89. The molecule has 0 aliphatic heterocycles. The van der Waals surface area contributed by atoms with Crippen molar-refractivity contribution in [1.82, 2.24) is 5.32 Å². The number of nitrogens with two attached hydrogens (primary N) is 1. The van der Waals surface area contributed by atoms with Crippen molar-refractivity contribution in [3.05, 3.63) is 23.8 Å². The van der Waals surface area contributed by atoms with Crippen molar-refractivity contribution in [2.75, 3.05) is 13.7 Å². The Morgan fingerprint density at radius 3 is 2.65 bits per heavy atom. The summed E-state index contributed by atoms with van der Waals surface area (Å²) in [5.74, 6) is 1.13. The molecule has 0 aliphatic carbocycles. The molecule has 0 saturated heterocycles. The van der Waals surface area contributed by atoms with Crippen LogP contribution in [0.2, 0.25) is 0 Å². The van der Waals surface area contributed by atoms with Crippen molar-refractivity contribution in [3.8, 4) is 11.5 Å². The highest BCUT2D eigenvalue weighted by molar-refractivity contribution is 5.77. The Morgan fingerprint density at radius 1 is 1.35 bits per heavy atom. The minimum Gasteiger partial charge on any atom is -0.497 e. The molecule has 0 heterocycles. The largest absolute Gasteiger partial charge is 0.497 e. The molecule has 1 unspecified atom stereocenters. The van der Waals surface area contributed by atoms with E-state index in [0.717, 1.165) is 18.4 Å². The van der Waals surface area contributed by atoms with Crippen LogP contribution in [0.15, 0.2) is 18.2 Å². The molecule has 1 amide bonds. The fourth-order valence-electron chi connectivity index (χ4n) is 1.92. The first-order valence-corrected chi connectivity index (χ1v) is 6.89. The number of nitrogens with one attached hydrogen (secondary N) is 1. The van der Waals surface area contributed by atoms with E-state index in [2.05, 4.69) is 12.2 Å². The number of benzene rings is 1. The molecule has 20 heavy (non-hydrogen) atoms. The SMILES string of the molecule is CCCC(C)NC(=O)COc1cc(CN)cc(OC)c1. The molecule has 0 radical (unpaired) electrons. The van der Waals surface area contributed by atoms with Gasteiger partial charge in [0.2, 0.25) is 0 Å². The number of carbonyl (C=O) groups excluding carboxylic acids is 1. The van der Waals surface area contributed by atoms with Gasteiger partial charge in [-0.05, 0) is 31.0 Å². The topological polar surface area (TPSA) is 73.6 Å². The zero-order valence-electron chi connectivity index (χ0n) is 12.4. The van der Waals surface area contributed by atoms with Crippen LogP contribution in [0.3, 0.4) is 0 Å². The maximum atomic E-state index is 11.7. The van der Waals surface area contributed by atoms with Gasteiger partial charge in [0.25, 0.3) is 5.91 Å². The molecule has 5 nitrogen and oxygen atoms in total. The van der Waals surface area contributed by atoms with Crippen molar-refractivity contribution in [1.29, 1.82) is 0 Å². The highest BCUT2D eigenvalue weighted by atomic mass is 16.5. The number of methoxy groups -OCH3 is 1. The standard InChI is InChI=1S/C15H24N2O3/c1-4-5-11(2)17-15(18)10-20-14-7-12(9-16)6-13(8-14)19-3/h6-8,11H,4-5,9-10,16H2,1-3H3,(H,17,18). The van der Waals surface area contributed by atoms with Crippen molar-refractivity contribution in [3.63, 3.8) is 0 Å². The molecule has 0 fully saturated rings. The average Bonchev–Trinajstić information content (AvgIpc) is 2.44. The summed E-state index contributed by atoms with van der Waals surface area (Å²) in [6.45, 7) is 4.46. The predicted octanol–water partition coefficient (Wildman–Crippen LogP) is 1.84. The third kappa shape index (κ3) is 5.48. The molecule has 0 aliphatic rings. The van der Waals surface area contributed by atoms with Crippen LogP contribution in [0.1, 0.15) is 32.3 Å². The molecule has 1 atom stereocenters. The molecule has 0 saturated carbocycles. The maximum absolute atomic E-state index is 11.7. The highest BCUT2D eigenvalue weighted by Crippen LogP contribution is 2.22. The smallest absolute Gasteiger partial charge is 0.258 e.